The molecular weight excluding hydrogens is 186 g/mol. The molecule has 1 aromatic rings. The van der Waals surface area contributed by atoms with Crippen LogP contribution in [0.1, 0.15) is 23.1 Å². The minimum atomic E-state index is 0.616. The first kappa shape index (κ1) is 10.2. The Morgan fingerprint density at radius 3 is 2.87 bits per heavy atom. The van der Waals surface area contributed by atoms with Crippen molar-refractivity contribution in [1.29, 1.82) is 0 Å². The van der Waals surface area contributed by atoms with Crippen molar-refractivity contribution >= 4 is 5.57 Å². The maximum absolute atomic E-state index is 5.58. The molecule has 80 valence electrons. The summed E-state index contributed by atoms with van der Waals surface area (Å²) in [5, 5.41) is 0. The molecule has 0 aromatic heterocycles. The predicted octanol–water partition coefficient (Wildman–Crippen LogP) is 2.29. The Morgan fingerprint density at radius 1 is 1.40 bits per heavy atom. The van der Waals surface area contributed by atoms with E-state index in [0.29, 0.717) is 6.54 Å². The van der Waals surface area contributed by atoms with Crippen molar-refractivity contribution in [3.05, 3.63) is 34.9 Å². The number of ether oxygens (including phenoxy) is 1. The van der Waals surface area contributed by atoms with Crippen LogP contribution in [-0.2, 0) is 6.42 Å². The summed E-state index contributed by atoms with van der Waals surface area (Å²) in [6.07, 6.45) is 4.37. The SMILES string of the molecule is COc1ccc2c(c1C)C(=CCN)CC2. The summed E-state index contributed by atoms with van der Waals surface area (Å²) in [7, 11) is 1.72. The maximum Gasteiger partial charge on any atom is 0.122 e. The van der Waals surface area contributed by atoms with E-state index in [0.717, 1.165) is 18.6 Å². The van der Waals surface area contributed by atoms with Gasteiger partial charge in [-0.05, 0) is 48.1 Å². The number of rotatable bonds is 2. The van der Waals surface area contributed by atoms with Crippen LogP contribution in [0, 0.1) is 6.92 Å². The fourth-order valence-corrected chi connectivity index (χ4v) is 2.37. The smallest absolute Gasteiger partial charge is 0.122 e. The van der Waals surface area contributed by atoms with Gasteiger partial charge in [0.25, 0.3) is 0 Å². The van der Waals surface area contributed by atoms with E-state index >= 15 is 0 Å². The molecule has 0 spiro atoms. The molecule has 2 nitrogen and oxygen atoms in total. The molecule has 0 saturated carbocycles. The number of benzene rings is 1. The largest absolute Gasteiger partial charge is 0.496 e. The standard InChI is InChI=1S/C13H17NO/c1-9-12(15-2)6-5-10-3-4-11(7-8-14)13(9)10/h5-7H,3-4,8,14H2,1-2H3. The molecule has 0 heterocycles. The Balaban J connectivity index is 2.54. The summed E-state index contributed by atoms with van der Waals surface area (Å²) in [6.45, 7) is 2.73. The fraction of sp³-hybridized carbons (Fsp3) is 0.385. The number of allylic oxidation sites excluding steroid dienone is 1. The Labute approximate surface area is 90.7 Å². The van der Waals surface area contributed by atoms with E-state index in [9.17, 15) is 0 Å². The summed E-state index contributed by atoms with van der Waals surface area (Å²) >= 11 is 0. The molecule has 0 unspecified atom stereocenters. The second-order valence-electron chi connectivity index (χ2n) is 3.89. The lowest BCUT2D eigenvalue weighted by Gasteiger charge is -2.10. The number of nitrogens with two attached hydrogens (primary N) is 1. The van der Waals surface area contributed by atoms with E-state index in [1.165, 1.54) is 22.3 Å². The van der Waals surface area contributed by atoms with Gasteiger partial charge >= 0.3 is 0 Å². The van der Waals surface area contributed by atoms with Gasteiger partial charge in [-0.25, -0.2) is 0 Å². The zero-order chi connectivity index (χ0) is 10.8. The fourth-order valence-electron chi connectivity index (χ4n) is 2.37. The Morgan fingerprint density at radius 2 is 2.20 bits per heavy atom. The zero-order valence-electron chi connectivity index (χ0n) is 9.34. The lowest BCUT2D eigenvalue weighted by molar-refractivity contribution is 0.411. The van der Waals surface area contributed by atoms with Gasteiger partial charge in [-0.2, -0.15) is 0 Å². The van der Waals surface area contributed by atoms with Crippen molar-refractivity contribution in [3.63, 3.8) is 0 Å². The molecule has 0 atom stereocenters. The van der Waals surface area contributed by atoms with Gasteiger partial charge in [0.15, 0.2) is 0 Å². The normalized spacial score (nSPS) is 16.9. The monoisotopic (exact) mass is 203 g/mol. The molecule has 1 aromatic carbocycles. The Kier molecular flexibility index (Phi) is 2.78. The van der Waals surface area contributed by atoms with Gasteiger partial charge in [0.1, 0.15) is 5.75 Å². The zero-order valence-corrected chi connectivity index (χ0v) is 9.34. The number of fused-ring (bicyclic) bond motifs is 1. The van der Waals surface area contributed by atoms with E-state index in [-0.39, 0.29) is 0 Å². The summed E-state index contributed by atoms with van der Waals surface area (Å²) in [5.74, 6) is 0.971. The molecule has 0 bridgehead atoms. The topological polar surface area (TPSA) is 35.2 Å². The molecule has 15 heavy (non-hydrogen) atoms. The van der Waals surface area contributed by atoms with Gasteiger partial charge in [-0.3, -0.25) is 0 Å². The third-order valence-corrected chi connectivity index (χ3v) is 3.07. The minimum Gasteiger partial charge on any atom is -0.496 e. The first-order chi connectivity index (χ1) is 7.27. The minimum absolute atomic E-state index is 0.616. The molecule has 0 fully saturated rings. The van der Waals surface area contributed by atoms with Gasteiger partial charge in [-0.15, -0.1) is 0 Å². The van der Waals surface area contributed by atoms with Crippen molar-refractivity contribution in [3.8, 4) is 5.75 Å². The highest BCUT2D eigenvalue weighted by molar-refractivity contribution is 5.76. The van der Waals surface area contributed by atoms with Crippen molar-refractivity contribution in [2.24, 2.45) is 5.73 Å². The summed E-state index contributed by atoms with van der Waals surface area (Å²) in [6, 6.07) is 4.22. The van der Waals surface area contributed by atoms with E-state index in [4.69, 9.17) is 10.5 Å². The van der Waals surface area contributed by atoms with Gasteiger partial charge in [0.2, 0.25) is 0 Å². The van der Waals surface area contributed by atoms with E-state index < -0.39 is 0 Å². The summed E-state index contributed by atoms with van der Waals surface area (Å²) in [5.41, 5.74) is 11.0. The van der Waals surface area contributed by atoms with E-state index in [2.05, 4.69) is 25.1 Å². The van der Waals surface area contributed by atoms with E-state index in [1.807, 2.05) is 0 Å². The van der Waals surface area contributed by atoms with Crippen LogP contribution in [0.4, 0.5) is 0 Å². The van der Waals surface area contributed by atoms with Crippen molar-refractivity contribution < 1.29 is 4.74 Å². The number of hydrogen-bond donors (Lipinski definition) is 1. The molecule has 1 aliphatic rings. The van der Waals surface area contributed by atoms with Crippen molar-refractivity contribution in [2.45, 2.75) is 19.8 Å². The van der Waals surface area contributed by atoms with Crippen molar-refractivity contribution in [2.75, 3.05) is 13.7 Å². The Bertz CT molecular complexity index is 407. The highest BCUT2D eigenvalue weighted by atomic mass is 16.5. The summed E-state index contributed by atoms with van der Waals surface area (Å²) < 4.78 is 5.34. The van der Waals surface area contributed by atoms with Gasteiger partial charge in [0, 0.05) is 6.54 Å². The first-order valence-electron chi connectivity index (χ1n) is 5.34. The van der Waals surface area contributed by atoms with E-state index in [1.54, 1.807) is 7.11 Å². The van der Waals surface area contributed by atoms with Crippen LogP contribution in [0.2, 0.25) is 0 Å². The average Bonchev–Trinajstić information content (AvgIpc) is 2.64. The quantitative estimate of drug-likeness (QED) is 0.800. The van der Waals surface area contributed by atoms with Crippen LogP contribution in [0.3, 0.4) is 0 Å². The molecule has 1 aliphatic carbocycles. The highest BCUT2D eigenvalue weighted by Gasteiger charge is 2.19. The first-order valence-corrected chi connectivity index (χ1v) is 5.34. The average molecular weight is 203 g/mol. The van der Waals surface area contributed by atoms with Crippen LogP contribution >= 0.6 is 0 Å². The Hall–Kier alpha value is -1.28. The second-order valence-corrected chi connectivity index (χ2v) is 3.89. The summed E-state index contributed by atoms with van der Waals surface area (Å²) in [4.78, 5) is 0. The van der Waals surface area contributed by atoms with Crippen LogP contribution in [0.25, 0.3) is 5.57 Å². The van der Waals surface area contributed by atoms with Gasteiger partial charge in [0.05, 0.1) is 7.11 Å². The second kappa shape index (κ2) is 4.07. The van der Waals surface area contributed by atoms with Crippen LogP contribution in [0.5, 0.6) is 5.75 Å². The third-order valence-electron chi connectivity index (χ3n) is 3.07. The molecule has 2 rings (SSSR count). The molecule has 2 N–H and O–H groups in total. The predicted molar refractivity (Wildman–Crippen MR) is 63.1 cm³/mol. The molecule has 0 saturated heterocycles. The molecule has 0 amide bonds. The number of aryl methyl sites for hydroxylation is 1. The molecular formula is C13H17NO. The third kappa shape index (κ3) is 1.65. The van der Waals surface area contributed by atoms with Crippen LogP contribution in [-0.4, -0.2) is 13.7 Å². The van der Waals surface area contributed by atoms with Crippen LogP contribution < -0.4 is 10.5 Å². The lowest BCUT2D eigenvalue weighted by atomic mass is 10.0. The van der Waals surface area contributed by atoms with Gasteiger partial charge < -0.3 is 10.5 Å². The van der Waals surface area contributed by atoms with Gasteiger partial charge in [-0.1, -0.05) is 12.1 Å². The van der Waals surface area contributed by atoms with Crippen LogP contribution in [0.15, 0.2) is 18.2 Å². The van der Waals surface area contributed by atoms with Crippen molar-refractivity contribution in [1.82, 2.24) is 0 Å². The highest BCUT2D eigenvalue weighted by Crippen LogP contribution is 2.38. The maximum atomic E-state index is 5.58. The molecule has 2 heteroatoms. The molecule has 0 radical (unpaired) electrons. The number of hydrogen-bond acceptors (Lipinski definition) is 2. The lowest BCUT2D eigenvalue weighted by Crippen LogP contribution is -1.96. The number of methoxy groups -OCH3 is 1. The molecule has 0 aliphatic heterocycles.